The second-order valence-electron chi connectivity index (χ2n) is 4.90. The molecule has 1 aromatic heterocycles. The first-order valence-corrected chi connectivity index (χ1v) is 6.73. The van der Waals surface area contributed by atoms with Gasteiger partial charge in [-0.3, -0.25) is 4.79 Å². The lowest BCUT2D eigenvalue weighted by Crippen LogP contribution is -2.19. The minimum atomic E-state index is -0.255. The topological polar surface area (TPSA) is 59.0 Å². The maximum absolute atomic E-state index is 13.8. The number of hydrogen-bond acceptors (Lipinski definition) is 3. The molecular weight excluding hydrogens is 271 g/mol. The molecule has 2 N–H and O–H groups in total. The van der Waals surface area contributed by atoms with Gasteiger partial charge in [-0.15, -0.1) is 0 Å². The second-order valence-corrected chi connectivity index (χ2v) is 4.90. The second kappa shape index (κ2) is 6.05. The smallest absolute Gasteiger partial charge is 0.271 e. The van der Waals surface area contributed by atoms with E-state index in [1.807, 2.05) is 14.0 Å². The number of aromatic nitrogens is 2. The molecule has 0 fully saturated rings. The number of rotatable bonds is 4. The number of nitrogens with one attached hydrogen (secondary N) is 2. The summed E-state index contributed by atoms with van der Waals surface area (Å²) in [6, 6.07) is 4.83. The van der Waals surface area contributed by atoms with Gasteiger partial charge in [0.15, 0.2) is 5.69 Å². The van der Waals surface area contributed by atoms with E-state index in [0.717, 1.165) is 11.3 Å². The quantitative estimate of drug-likeness (QED) is 0.905. The summed E-state index contributed by atoms with van der Waals surface area (Å²) in [4.78, 5) is 11.6. The fourth-order valence-corrected chi connectivity index (χ4v) is 2.09. The van der Waals surface area contributed by atoms with Crippen LogP contribution in [0.25, 0.3) is 5.69 Å². The van der Waals surface area contributed by atoms with Gasteiger partial charge in [0, 0.05) is 19.3 Å². The van der Waals surface area contributed by atoms with Crippen LogP contribution in [-0.4, -0.2) is 29.8 Å². The van der Waals surface area contributed by atoms with E-state index in [4.69, 9.17) is 0 Å². The van der Waals surface area contributed by atoms with Gasteiger partial charge in [0.25, 0.3) is 5.91 Å². The Kier molecular flexibility index (Phi) is 4.37. The molecule has 1 heterocycles. The highest BCUT2D eigenvalue weighted by molar-refractivity contribution is 5.91. The van der Waals surface area contributed by atoms with Gasteiger partial charge in [0.05, 0.1) is 5.69 Å². The standard InChI is InChI=1S/C15H19FN4O/c1-9-7-14(11(8-12(9)16)10(2)17-3)20-6-5-13(19-20)15(21)18-4/h5-8,10,17H,1-4H3,(H,18,21). The molecule has 6 heteroatoms. The number of benzene rings is 1. The lowest BCUT2D eigenvalue weighted by Gasteiger charge is -2.17. The van der Waals surface area contributed by atoms with Crippen molar-refractivity contribution in [1.82, 2.24) is 20.4 Å². The molecule has 0 radical (unpaired) electrons. The van der Waals surface area contributed by atoms with Crippen molar-refractivity contribution in [3.8, 4) is 5.69 Å². The molecular formula is C15H19FN4O. The normalized spacial score (nSPS) is 12.2. The summed E-state index contributed by atoms with van der Waals surface area (Å²) in [6.07, 6.45) is 1.70. The first-order chi connectivity index (χ1) is 9.97. The summed E-state index contributed by atoms with van der Waals surface area (Å²) in [6.45, 7) is 3.65. The van der Waals surface area contributed by atoms with E-state index in [1.54, 1.807) is 37.0 Å². The zero-order chi connectivity index (χ0) is 15.6. The van der Waals surface area contributed by atoms with Gasteiger partial charge in [-0.05, 0) is 50.2 Å². The predicted octanol–water partition coefficient (Wildman–Crippen LogP) is 1.96. The molecule has 0 saturated carbocycles. The summed E-state index contributed by atoms with van der Waals surface area (Å²) in [5.74, 6) is -0.509. The van der Waals surface area contributed by atoms with Crippen LogP contribution in [0.1, 0.15) is 34.6 Å². The van der Waals surface area contributed by atoms with Gasteiger partial charge in [-0.1, -0.05) is 0 Å². The third-order valence-electron chi connectivity index (χ3n) is 3.50. The molecule has 1 aromatic carbocycles. The number of halogens is 1. The van der Waals surface area contributed by atoms with Gasteiger partial charge in [0.2, 0.25) is 0 Å². The van der Waals surface area contributed by atoms with Crippen LogP contribution in [0, 0.1) is 12.7 Å². The minimum absolute atomic E-state index is 0.0391. The molecule has 0 saturated heterocycles. The highest BCUT2D eigenvalue weighted by Crippen LogP contribution is 2.24. The van der Waals surface area contributed by atoms with E-state index in [2.05, 4.69) is 15.7 Å². The molecule has 2 rings (SSSR count). The average molecular weight is 290 g/mol. The molecule has 21 heavy (non-hydrogen) atoms. The molecule has 1 unspecified atom stereocenters. The Morgan fingerprint density at radius 3 is 2.71 bits per heavy atom. The highest BCUT2D eigenvalue weighted by Gasteiger charge is 2.16. The van der Waals surface area contributed by atoms with Gasteiger partial charge in [-0.2, -0.15) is 5.10 Å². The molecule has 5 nitrogen and oxygen atoms in total. The first-order valence-electron chi connectivity index (χ1n) is 6.73. The lowest BCUT2D eigenvalue weighted by molar-refractivity contribution is 0.0957. The van der Waals surface area contributed by atoms with Crippen molar-refractivity contribution < 1.29 is 9.18 Å². The third-order valence-corrected chi connectivity index (χ3v) is 3.50. The van der Waals surface area contributed by atoms with Crippen LogP contribution in [0.15, 0.2) is 24.4 Å². The van der Waals surface area contributed by atoms with Crippen LogP contribution in [0.3, 0.4) is 0 Å². The van der Waals surface area contributed by atoms with Crippen LogP contribution in [0.5, 0.6) is 0 Å². The summed E-state index contributed by atoms with van der Waals surface area (Å²) in [5, 5.41) is 9.87. The van der Waals surface area contributed by atoms with Crippen molar-refractivity contribution in [3.05, 3.63) is 47.0 Å². The number of amides is 1. The van der Waals surface area contributed by atoms with E-state index in [-0.39, 0.29) is 17.8 Å². The number of carbonyl (C=O) groups excluding carboxylic acids is 1. The van der Waals surface area contributed by atoms with Crippen molar-refractivity contribution >= 4 is 5.91 Å². The Bertz CT molecular complexity index is 666. The Hall–Kier alpha value is -2.21. The molecule has 0 spiro atoms. The SMILES string of the molecule is CNC(=O)c1ccn(-c2cc(C)c(F)cc2C(C)NC)n1. The maximum atomic E-state index is 13.8. The van der Waals surface area contributed by atoms with Crippen LogP contribution in [0.2, 0.25) is 0 Å². The molecule has 0 aliphatic heterocycles. The molecule has 0 aliphatic rings. The van der Waals surface area contributed by atoms with E-state index >= 15 is 0 Å². The largest absolute Gasteiger partial charge is 0.354 e. The van der Waals surface area contributed by atoms with E-state index < -0.39 is 0 Å². The Labute approximate surface area is 123 Å². The fraction of sp³-hybridized carbons (Fsp3) is 0.333. The number of aryl methyl sites for hydroxylation is 1. The molecule has 2 aromatic rings. The van der Waals surface area contributed by atoms with Crippen LogP contribution in [-0.2, 0) is 0 Å². The van der Waals surface area contributed by atoms with Crippen molar-refractivity contribution in [1.29, 1.82) is 0 Å². The van der Waals surface area contributed by atoms with E-state index in [1.165, 1.54) is 6.07 Å². The van der Waals surface area contributed by atoms with Crippen LogP contribution in [0.4, 0.5) is 4.39 Å². The van der Waals surface area contributed by atoms with Crippen molar-refractivity contribution in [2.75, 3.05) is 14.1 Å². The fourth-order valence-electron chi connectivity index (χ4n) is 2.09. The maximum Gasteiger partial charge on any atom is 0.271 e. The predicted molar refractivity (Wildman–Crippen MR) is 79.1 cm³/mol. The van der Waals surface area contributed by atoms with Gasteiger partial charge < -0.3 is 10.6 Å². The summed E-state index contributed by atoms with van der Waals surface area (Å²) in [7, 11) is 3.36. The first kappa shape index (κ1) is 15.2. The van der Waals surface area contributed by atoms with E-state index in [9.17, 15) is 9.18 Å². The number of nitrogens with zero attached hydrogens (tertiary/aromatic N) is 2. The minimum Gasteiger partial charge on any atom is -0.354 e. The Morgan fingerprint density at radius 2 is 2.10 bits per heavy atom. The summed E-state index contributed by atoms with van der Waals surface area (Å²) in [5.41, 5.74) is 2.40. The molecule has 112 valence electrons. The monoisotopic (exact) mass is 290 g/mol. The molecule has 1 amide bonds. The summed E-state index contributed by atoms with van der Waals surface area (Å²) < 4.78 is 15.4. The van der Waals surface area contributed by atoms with Gasteiger partial charge in [-0.25, -0.2) is 9.07 Å². The summed E-state index contributed by atoms with van der Waals surface area (Å²) >= 11 is 0. The van der Waals surface area contributed by atoms with Gasteiger partial charge in [0.1, 0.15) is 5.82 Å². The van der Waals surface area contributed by atoms with Crippen molar-refractivity contribution in [2.45, 2.75) is 19.9 Å². The zero-order valence-electron chi connectivity index (χ0n) is 12.6. The van der Waals surface area contributed by atoms with Crippen molar-refractivity contribution in [3.63, 3.8) is 0 Å². The third kappa shape index (κ3) is 2.95. The number of hydrogen-bond donors (Lipinski definition) is 2. The average Bonchev–Trinajstić information content (AvgIpc) is 2.97. The van der Waals surface area contributed by atoms with E-state index in [0.29, 0.717) is 11.3 Å². The molecule has 0 bridgehead atoms. The van der Waals surface area contributed by atoms with Crippen LogP contribution < -0.4 is 10.6 Å². The van der Waals surface area contributed by atoms with Crippen molar-refractivity contribution in [2.24, 2.45) is 0 Å². The molecule has 0 aliphatic carbocycles. The number of carbonyl (C=O) groups is 1. The zero-order valence-corrected chi connectivity index (χ0v) is 12.6. The Morgan fingerprint density at radius 1 is 1.38 bits per heavy atom. The Balaban J connectivity index is 2.54. The van der Waals surface area contributed by atoms with Crippen LogP contribution >= 0.6 is 0 Å². The molecule has 1 atom stereocenters. The van der Waals surface area contributed by atoms with Gasteiger partial charge >= 0.3 is 0 Å². The lowest BCUT2D eigenvalue weighted by atomic mass is 10.0. The highest BCUT2D eigenvalue weighted by atomic mass is 19.1.